The number of H-pyrrole nitrogens is 1. The van der Waals surface area contributed by atoms with Gasteiger partial charge in [0.15, 0.2) is 0 Å². The molecule has 0 amide bonds. The molecule has 0 saturated carbocycles. The zero-order chi connectivity index (χ0) is 12.3. The highest BCUT2D eigenvalue weighted by Crippen LogP contribution is 2.17. The van der Waals surface area contributed by atoms with Gasteiger partial charge >= 0.3 is 0 Å². The van der Waals surface area contributed by atoms with Crippen molar-refractivity contribution in [3.05, 3.63) is 41.6 Å². The fraction of sp³-hybridized carbons (Fsp3) is 0.308. The van der Waals surface area contributed by atoms with E-state index in [0.29, 0.717) is 11.7 Å². The summed E-state index contributed by atoms with van der Waals surface area (Å²) in [5.41, 5.74) is 9.12. The summed E-state index contributed by atoms with van der Waals surface area (Å²) in [6, 6.07) is 8.61. The van der Waals surface area contributed by atoms with Crippen LogP contribution in [0.15, 0.2) is 30.5 Å². The number of anilines is 2. The lowest BCUT2D eigenvalue weighted by molar-refractivity contribution is 0.865. The van der Waals surface area contributed by atoms with E-state index in [-0.39, 0.29) is 0 Å². The zero-order valence-corrected chi connectivity index (χ0v) is 10.2. The van der Waals surface area contributed by atoms with Crippen LogP contribution in [0.3, 0.4) is 0 Å². The molecular weight excluding hydrogens is 212 g/mol. The Kier molecular flexibility index (Phi) is 3.32. The van der Waals surface area contributed by atoms with Crippen LogP contribution >= 0.6 is 0 Å². The van der Waals surface area contributed by atoms with Gasteiger partial charge < -0.3 is 11.1 Å². The normalized spacial score (nSPS) is 10.8. The molecule has 0 aliphatic heterocycles. The molecule has 90 valence electrons. The molecule has 4 heteroatoms. The lowest BCUT2D eigenvalue weighted by atomic mass is 10.0. The first-order valence-electron chi connectivity index (χ1n) is 5.78. The molecule has 0 bridgehead atoms. The van der Waals surface area contributed by atoms with Crippen LogP contribution in [-0.4, -0.2) is 10.2 Å². The first-order chi connectivity index (χ1) is 8.16. The van der Waals surface area contributed by atoms with Gasteiger partial charge in [-0.2, -0.15) is 5.10 Å². The van der Waals surface area contributed by atoms with Crippen LogP contribution in [0.4, 0.5) is 11.5 Å². The second-order valence-electron chi connectivity index (χ2n) is 4.45. The van der Waals surface area contributed by atoms with E-state index in [1.165, 1.54) is 11.1 Å². The van der Waals surface area contributed by atoms with Crippen molar-refractivity contribution in [2.75, 3.05) is 11.1 Å². The minimum atomic E-state index is 0.571. The smallest absolute Gasteiger partial charge is 0.142 e. The number of rotatable bonds is 4. The van der Waals surface area contributed by atoms with E-state index in [0.717, 1.165) is 12.2 Å². The molecule has 1 aromatic carbocycles. The van der Waals surface area contributed by atoms with E-state index >= 15 is 0 Å². The molecule has 17 heavy (non-hydrogen) atoms. The SMILES string of the molecule is CC(C)c1ccc(CNc2cn[nH]c2N)cc1. The number of hydrogen-bond donors (Lipinski definition) is 3. The number of aromatic nitrogens is 2. The summed E-state index contributed by atoms with van der Waals surface area (Å²) in [6.07, 6.45) is 1.69. The first-order valence-corrected chi connectivity index (χ1v) is 5.78. The number of nitrogens with zero attached hydrogens (tertiary/aromatic N) is 1. The van der Waals surface area contributed by atoms with Gasteiger partial charge in [-0.05, 0) is 17.0 Å². The summed E-state index contributed by atoms with van der Waals surface area (Å²) in [5, 5.41) is 9.79. The van der Waals surface area contributed by atoms with Gasteiger partial charge in [-0.1, -0.05) is 38.1 Å². The molecule has 0 radical (unpaired) electrons. The Bertz CT molecular complexity index is 470. The molecule has 4 N–H and O–H groups in total. The third kappa shape index (κ3) is 2.78. The monoisotopic (exact) mass is 230 g/mol. The van der Waals surface area contributed by atoms with Crippen LogP contribution < -0.4 is 11.1 Å². The number of benzene rings is 1. The Labute approximate surface area is 101 Å². The second kappa shape index (κ2) is 4.91. The molecule has 2 rings (SSSR count). The minimum Gasteiger partial charge on any atom is -0.382 e. The molecule has 0 aliphatic rings. The molecular formula is C13H18N4. The minimum absolute atomic E-state index is 0.571. The number of nitrogens with one attached hydrogen (secondary N) is 2. The van der Waals surface area contributed by atoms with E-state index < -0.39 is 0 Å². The van der Waals surface area contributed by atoms with E-state index in [1.54, 1.807) is 6.20 Å². The predicted octanol–water partition coefficient (Wildman–Crippen LogP) is 2.73. The molecule has 0 atom stereocenters. The molecule has 4 nitrogen and oxygen atoms in total. The Hall–Kier alpha value is -1.97. The lowest BCUT2D eigenvalue weighted by Crippen LogP contribution is -2.01. The molecule has 1 aromatic heterocycles. The van der Waals surface area contributed by atoms with Gasteiger partial charge in [0.1, 0.15) is 5.82 Å². The highest BCUT2D eigenvalue weighted by molar-refractivity contribution is 5.60. The maximum Gasteiger partial charge on any atom is 0.142 e. The van der Waals surface area contributed by atoms with Crippen molar-refractivity contribution in [2.24, 2.45) is 0 Å². The maximum absolute atomic E-state index is 5.69. The average Bonchev–Trinajstić information content (AvgIpc) is 2.73. The van der Waals surface area contributed by atoms with Gasteiger partial charge in [0.25, 0.3) is 0 Å². The molecule has 1 heterocycles. The number of aromatic amines is 1. The summed E-state index contributed by atoms with van der Waals surface area (Å²) in [4.78, 5) is 0. The zero-order valence-electron chi connectivity index (χ0n) is 10.2. The van der Waals surface area contributed by atoms with Crippen molar-refractivity contribution in [3.8, 4) is 0 Å². The van der Waals surface area contributed by atoms with Crippen LogP contribution in [0.2, 0.25) is 0 Å². The standard InChI is InChI=1S/C13H18N4/c1-9(2)11-5-3-10(4-6-11)7-15-12-8-16-17-13(12)14/h3-6,8-9,15H,7H2,1-2H3,(H3,14,16,17). The summed E-state index contributed by atoms with van der Waals surface area (Å²) >= 11 is 0. The van der Waals surface area contributed by atoms with Gasteiger partial charge in [-0.3, -0.25) is 5.10 Å². The van der Waals surface area contributed by atoms with E-state index in [4.69, 9.17) is 5.73 Å². The summed E-state index contributed by atoms with van der Waals surface area (Å²) in [7, 11) is 0. The number of nitrogen functional groups attached to an aromatic ring is 1. The van der Waals surface area contributed by atoms with Crippen LogP contribution in [0, 0.1) is 0 Å². The van der Waals surface area contributed by atoms with E-state index in [2.05, 4.69) is 53.6 Å². The summed E-state index contributed by atoms with van der Waals surface area (Å²) < 4.78 is 0. The fourth-order valence-corrected chi connectivity index (χ4v) is 1.65. The van der Waals surface area contributed by atoms with Crippen LogP contribution in [-0.2, 0) is 6.54 Å². The van der Waals surface area contributed by atoms with Gasteiger partial charge in [0.05, 0.1) is 11.9 Å². The third-order valence-corrected chi connectivity index (χ3v) is 2.80. The second-order valence-corrected chi connectivity index (χ2v) is 4.45. The maximum atomic E-state index is 5.69. The summed E-state index contributed by atoms with van der Waals surface area (Å²) in [6.45, 7) is 5.14. The quantitative estimate of drug-likeness (QED) is 0.756. The van der Waals surface area contributed by atoms with Crippen LogP contribution in [0.1, 0.15) is 30.9 Å². The topological polar surface area (TPSA) is 66.7 Å². The molecule has 0 unspecified atom stereocenters. The number of nitrogens with two attached hydrogens (primary N) is 1. The van der Waals surface area contributed by atoms with Gasteiger partial charge in [0, 0.05) is 6.54 Å². The van der Waals surface area contributed by atoms with Crippen molar-refractivity contribution < 1.29 is 0 Å². The van der Waals surface area contributed by atoms with Crippen molar-refractivity contribution in [2.45, 2.75) is 26.3 Å². The highest BCUT2D eigenvalue weighted by Gasteiger charge is 2.01. The van der Waals surface area contributed by atoms with Crippen molar-refractivity contribution >= 4 is 11.5 Å². The fourth-order valence-electron chi connectivity index (χ4n) is 1.65. The van der Waals surface area contributed by atoms with Crippen LogP contribution in [0.25, 0.3) is 0 Å². The molecule has 2 aromatic rings. The molecule has 0 fully saturated rings. The van der Waals surface area contributed by atoms with Gasteiger partial charge in [-0.25, -0.2) is 0 Å². The summed E-state index contributed by atoms with van der Waals surface area (Å²) in [5.74, 6) is 1.14. The van der Waals surface area contributed by atoms with Crippen molar-refractivity contribution in [1.82, 2.24) is 10.2 Å². The van der Waals surface area contributed by atoms with Gasteiger partial charge in [0.2, 0.25) is 0 Å². The van der Waals surface area contributed by atoms with E-state index in [9.17, 15) is 0 Å². The number of hydrogen-bond acceptors (Lipinski definition) is 3. The molecule has 0 spiro atoms. The Balaban J connectivity index is 1.98. The largest absolute Gasteiger partial charge is 0.382 e. The van der Waals surface area contributed by atoms with Crippen LogP contribution in [0.5, 0.6) is 0 Å². The highest BCUT2D eigenvalue weighted by atomic mass is 15.2. The lowest BCUT2D eigenvalue weighted by Gasteiger charge is -2.08. The Morgan fingerprint density at radius 2 is 2.00 bits per heavy atom. The van der Waals surface area contributed by atoms with E-state index in [1.807, 2.05) is 0 Å². The predicted molar refractivity (Wildman–Crippen MR) is 70.9 cm³/mol. The first kappa shape index (κ1) is 11.5. The molecule has 0 aliphatic carbocycles. The van der Waals surface area contributed by atoms with Gasteiger partial charge in [-0.15, -0.1) is 0 Å². The van der Waals surface area contributed by atoms with Crippen molar-refractivity contribution in [1.29, 1.82) is 0 Å². The van der Waals surface area contributed by atoms with Crippen molar-refractivity contribution in [3.63, 3.8) is 0 Å². The average molecular weight is 230 g/mol. The Morgan fingerprint density at radius 1 is 1.29 bits per heavy atom. The molecule has 0 saturated heterocycles. The Morgan fingerprint density at radius 3 is 2.53 bits per heavy atom. The third-order valence-electron chi connectivity index (χ3n) is 2.80.